The molecule has 0 aromatic heterocycles. The fraction of sp³-hybridized carbons (Fsp3) is 0.871. The van der Waals surface area contributed by atoms with E-state index in [1.165, 1.54) is 225 Å². The van der Waals surface area contributed by atoms with Crippen molar-refractivity contribution < 1.29 is 37.6 Å². The van der Waals surface area contributed by atoms with E-state index in [4.69, 9.17) is 24.3 Å². The molecule has 10 heteroatoms. The molecule has 0 fully saturated rings. The van der Waals surface area contributed by atoms with Gasteiger partial charge >= 0.3 is 19.8 Å². The van der Waals surface area contributed by atoms with Crippen LogP contribution in [0.25, 0.3) is 0 Å². The molecule has 0 heterocycles. The lowest BCUT2D eigenvalue weighted by Crippen LogP contribution is -2.29. The number of allylic oxidation sites excluding steroid dienone is 6. The second-order valence-electron chi connectivity index (χ2n) is 20.9. The SMILES string of the molecule is CCCCCC/C=C\C/C=C\CCCCCCCC(=O)OC(COC(=O)CCCCCCCCCCCCCCCCCCCCCCCCC/C=C\CCCCCCCCCC)COP(=O)(O)OCCN. The summed E-state index contributed by atoms with van der Waals surface area (Å²) in [6.45, 7) is 3.75. The summed E-state index contributed by atoms with van der Waals surface area (Å²) in [4.78, 5) is 35.1. The molecule has 72 heavy (non-hydrogen) atoms. The van der Waals surface area contributed by atoms with Crippen molar-refractivity contribution in [3.63, 3.8) is 0 Å². The first-order valence-corrected chi connectivity index (χ1v) is 32.5. The van der Waals surface area contributed by atoms with Crippen molar-refractivity contribution in [2.75, 3.05) is 26.4 Å². The molecule has 2 atom stereocenters. The van der Waals surface area contributed by atoms with Gasteiger partial charge in [-0.1, -0.05) is 269 Å². The summed E-state index contributed by atoms with van der Waals surface area (Å²) in [5, 5.41) is 0. The molecule has 3 N–H and O–H groups in total. The molecule has 0 aliphatic carbocycles. The van der Waals surface area contributed by atoms with Gasteiger partial charge in [-0.25, -0.2) is 4.57 Å². The number of phosphoric acid groups is 1. The van der Waals surface area contributed by atoms with Crippen LogP contribution in [0.3, 0.4) is 0 Å². The first-order chi connectivity index (χ1) is 35.3. The highest BCUT2D eigenvalue weighted by Gasteiger charge is 2.26. The van der Waals surface area contributed by atoms with Gasteiger partial charge in [-0.05, 0) is 70.6 Å². The number of esters is 2. The highest BCUT2D eigenvalue weighted by atomic mass is 31.2. The summed E-state index contributed by atoms with van der Waals surface area (Å²) in [5.41, 5.74) is 5.38. The first-order valence-electron chi connectivity index (χ1n) is 31.0. The average molecular weight is 1040 g/mol. The van der Waals surface area contributed by atoms with E-state index in [-0.39, 0.29) is 38.6 Å². The third-order valence-electron chi connectivity index (χ3n) is 13.7. The molecular weight excluding hydrogens is 918 g/mol. The van der Waals surface area contributed by atoms with E-state index in [2.05, 4.69) is 50.3 Å². The van der Waals surface area contributed by atoms with Crippen molar-refractivity contribution in [3.05, 3.63) is 36.5 Å². The van der Waals surface area contributed by atoms with Crippen LogP contribution in [-0.4, -0.2) is 49.3 Å². The highest BCUT2D eigenvalue weighted by molar-refractivity contribution is 7.47. The minimum atomic E-state index is -4.39. The molecule has 0 saturated heterocycles. The molecule has 424 valence electrons. The van der Waals surface area contributed by atoms with Crippen LogP contribution in [-0.2, 0) is 32.7 Å². The van der Waals surface area contributed by atoms with Crippen molar-refractivity contribution in [2.45, 2.75) is 322 Å². The highest BCUT2D eigenvalue weighted by Crippen LogP contribution is 2.43. The predicted molar refractivity (Wildman–Crippen MR) is 307 cm³/mol. The number of rotatable bonds is 59. The van der Waals surface area contributed by atoms with Gasteiger partial charge in [0, 0.05) is 19.4 Å². The van der Waals surface area contributed by atoms with Crippen molar-refractivity contribution >= 4 is 19.8 Å². The van der Waals surface area contributed by atoms with Crippen molar-refractivity contribution in [2.24, 2.45) is 5.73 Å². The van der Waals surface area contributed by atoms with Gasteiger partial charge in [0.05, 0.1) is 13.2 Å². The topological polar surface area (TPSA) is 134 Å². The predicted octanol–water partition coefficient (Wildman–Crippen LogP) is 19.6. The number of nitrogens with two attached hydrogens (primary N) is 1. The maximum atomic E-state index is 12.7. The molecule has 0 saturated carbocycles. The van der Waals surface area contributed by atoms with Crippen LogP contribution >= 0.6 is 7.82 Å². The maximum absolute atomic E-state index is 12.7. The molecule has 9 nitrogen and oxygen atoms in total. The first kappa shape index (κ1) is 70.2. The van der Waals surface area contributed by atoms with E-state index in [9.17, 15) is 19.0 Å². The second kappa shape index (κ2) is 58.5. The number of ether oxygens (including phenoxy) is 2. The monoisotopic (exact) mass is 1040 g/mol. The molecule has 0 aliphatic rings. The molecule has 0 aliphatic heterocycles. The zero-order valence-corrected chi connectivity index (χ0v) is 48.3. The number of carbonyl (C=O) groups is 2. The van der Waals surface area contributed by atoms with E-state index in [0.717, 1.165) is 57.8 Å². The molecule has 0 bridgehead atoms. The van der Waals surface area contributed by atoms with Crippen LogP contribution < -0.4 is 5.73 Å². The van der Waals surface area contributed by atoms with Crippen LogP contribution in [0.1, 0.15) is 316 Å². The summed E-state index contributed by atoms with van der Waals surface area (Å²) >= 11 is 0. The molecule has 0 aromatic rings. The molecule has 0 spiro atoms. The van der Waals surface area contributed by atoms with Gasteiger partial charge in [-0.15, -0.1) is 0 Å². The minimum absolute atomic E-state index is 0.0521. The minimum Gasteiger partial charge on any atom is -0.462 e. The Balaban J connectivity index is 3.80. The zero-order valence-electron chi connectivity index (χ0n) is 47.4. The van der Waals surface area contributed by atoms with Crippen LogP contribution in [0.5, 0.6) is 0 Å². The van der Waals surface area contributed by atoms with E-state index >= 15 is 0 Å². The van der Waals surface area contributed by atoms with E-state index in [1.54, 1.807) is 0 Å². The lowest BCUT2D eigenvalue weighted by molar-refractivity contribution is -0.161. The summed E-state index contributed by atoms with van der Waals surface area (Å²) in [7, 11) is -4.39. The fourth-order valence-electron chi connectivity index (χ4n) is 9.13. The van der Waals surface area contributed by atoms with Crippen LogP contribution in [0.4, 0.5) is 0 Å². The Kier molecular flexibility index (Phi) is 57.1. The lowest BCUT2D eigenvalue weighted by atomic mass is 10.0. The second-order valence-corrected chi connectivity index (χ2v) is 22.4. The normalized spacial score (nSPS) is 13.2. The van der Waals surface area contributed by atoms with Gasteiger partial charge < -0.3 is 20.1 Å². The van der Waals surface area contributed by atoms with Gasteiger partial charge in [0.2, 0.25) is 0 Å². The standard InChI is InChI=1S/C62H118NO8P/c1-3-5-7-9-11-13-15-17-19-21-22-23-24-25-26-27-28-29-30-31-32-33-34-35-36-37-38-39-41-42-44-46-48-50-52-54-61(64)68-58-60(59-70-72(66,67)69-57-56-63)71-62(65)55-53-51-49-47-45-43-40-20-18-16-14-12-10-8-6-4-2/h14,16,20-22,40,60H,3-13,15,17-19,23-39,41-59,63H2,1-2H3,(H,66,67)/b16-14-,22-21-,40-20-. The van der Waals surface area contributed by atoms with Gasteiger partial charge in [0.1, 0.15) is 6.61 Å². The van der Waals surface area contributed by atoms with Crippen molar-refractivity contribution in [3.8, 4) is 0 Å². The smallest absolute Gasteiger partial charge is 0.462 e. The van der Waals surface area contributed by atoms with Crippen LogP contribution in [0, 0.1) is 0 Å². The Morgan fingerprint density at radius 2 is 0.722 bits per heavy atom. The van der Waals surface area contributed by atoms with E-state index in [0.29, 0.717) is 6.42 Å². The number of phosphoric ester groups is 1. The average Bonchev–Trinajstić information content (AvgIpc) is 3.37. The summed E-state index contributed by atoms with van der Waals surface area (Å²) < 4.78 is 33.0. The van der Waals surface area contributed by atoms with Gasteiger partial charge in [-0.3, -0.25) is 18.6 Å². The molecule has 0 radical (unpaired) electrons. The van der Waals surface area contributed by atoms with Gasteiger partial charge in [0.25, 0.3) is 0 Å². The van der Waals surface area contributed by atoms with Crippen LogP contribution in [0.15, 0.2) is 36.5 Å². The summed E-state index contributed by atoms with van der Waals surface area (Å²) in [6, 6.07) is 0. The quantitative estimate of drug-likeness (QED) is 0.0264. The number of carbonyl (C=O) groups excluding carboxylic acids is 2. The maximum Gasteiger partial charge on any atom is 0.472 e. The summed E-state index contributed by atoms with van der Waals surface area (Å²) in [5.74, 6) is -0.830. The largest absolute Gasteiger partial charge is 0.472 e. The third-order valence-corrected chi connectivity index (χ3v) is 14.7. The molecule has 0 aromatic carbocycles. The van der Waals surface area contributed by atoms with E-state index < -0.39 is 26.5 Å². The number of unbranched alkanes of at least 4 members (excludes halogenated alkanes) is 40. The Morgan fingerprint density at radius 3 is 1.08 bits per heavy atom. The molecule has 0 amide bonds. The number of hydrogen-bond acceptors (Lipinski definition) is 8. The van der Waals surface area contributed by atoms with Crippen LogP contribution in [0.2, 0.25) is 0 Å². The van der Waals surface area contributed by atoms with E-state index in [1.807, 2.05) is 0 Å². The Labute approximate surface area is 445 Å². The van der Waals surface area contributed by atoms with Gasteiger partial charge in [0.15, 0.2) is 6.10 Å². The Morgan fingerprint density at radius 1 is 0.417 bits per heavy atom. The number of hydrogen-bond donors (Lipinski definition) is 2. The zero-order chi connectivity index (χ0) is 52.4. The van der Waals surface area contributed by atoms with Gasteiger partial charge in [-0.2, -0.15) is 0 Å². The summed E-state index contributed by atoms with van der Waals surface area (Å²) in [6.07, 6.45) is 70.9. The third kappa shape index (κ3) is 57.5. The lowest BCUT2D eigenvalue weighted by Gasteiger charge is -2.19. The molecule has 0 rings (SSSR count). The Hall–Kier alpha value is -1.77. The molecular formula is C62H118NO8P. The Bertz CT molecular complexity index is 1270. The fourth-order valence-corrected chi connectivity index (χ4v) is 9.90. The molecule has 2 unspecified atom stereocenters. The van der Waals surface area contributed by atoms with Crippen molar-refractivity contribution in [1.82, 2.24) is 0 Å². The van der Waals surface area contributed by atoms with Crippen molar-refractivity contribution in [1.29, 1.82) is 0 Å².